The van der Waals surface area contributed by atoms with Gasteiger partial charge < -0.3 is 4.43 Å². The summed E-state index contributed by atoms with van der Waals surface area (Å²) in [5.74, 6) is 0.559. The molecule has 4 heteroatoms. The molecule has 0 N–H and O–H groups in total. The number of hydrogen-bond acceptors (Lipinski definition) is 2. The quantitative estimate of drug-likeness (QED) is 0.112. The summed E-state index contributed by atoms with van der Waals surface area (Å²) in [6.07, 6.45) is 13.4. The highest BCUT2D eigenvalue weighted by Crippen LogP contribution is 2.32. The minimum absolute atomic E-state index is 0.261. The largest absolute Gasteiger partial charge is 0.407 e. The summed E-state index contributed by atoms with van der Waals surface area (Å²) >= 11 is 3.47. The van der Waals surface area contributed by atoms with Crippen LogP contribution in [0.1, 0.15) is 71.4 Å². The van der Waals surface area contributed by atoms with Crippen LogP contribution in [-0.4, -0.2) is 20.6 Å². The normalized spacial score (nSPS) is 12.9. The smallest absolute Gasteiger partial charge is 0.282 e. The Morgan fingerprint density at radius 3 is 1.94 bits per heavy atom. The van der Waals surface area contributed by atoms with Gasteiger partial charge in [0.2, 0.25) is 0 Å². The lowest BCUT2D eigenvalue weighted by Gasteiger charge is -2.28. The van der Waals surface area contributed by atoms with Crippen molar-refractivity contribution in [2.45, 2.75) is 65.7 Å². The van der Waals surface area contributed by atoms with Gasteiger partial charge in [-0.05, 0) is 68.7 Å². The minimum atomic E-state index is -1.17. The topological polar surface area (TPSA) is 22.1 Å². The number of allylic oxidation sites excluding steroid dienone is 1. The molecule has 36 heavy (non-hydrogen) atoms. The maximum Gasteiger partial charge on any atom is 0.282 e. The highest BCUT2D eigenvalue weighted by Gasteiger charge is 2.21. The Morgan fingerprint density at radius 1 is 0.778 bits per heavy atom. The number of hydrogen-bond donors (Lipinski definition) is 0. The molecule has 0 saturated carbocycles. The van der Waals surface area contributed by atoms with Gasteiger partial charge in [-0.25, -0.2) is 4.98 Å². The lowest BCUT2D eigenvalue weighted by atomic mass is 9.77. The lowest BCUT2D eigenvalue weighted by molar-refractivity contribution is 0.271. The lowest BCUT2D eigenvalue weighted by Crippen LogP contribution is -2.45. The van der Waals surface area contributed by atoms with E-state index in [1.54, 1.807) is 0 Å². The third-order valence-electron chi connectivity index (χ3n) is 6.58. The molecular formula is C32H41BrNOSi. The van der Waals surface area contributed by atoms with Crippen molar-refractivity contribution in [2.75, 3.05) is 6.61 Å². The van der Waals surface area contributed by atoms with Crippen LogP contribution in [0.5, 0.6) is 0 Å². The summed E-state index contributed by atoms with van der Waals surface area (Å²) in [7, 11) is -1.17. The highest BCUT2D eigenvalue weighted by atomic mass is 79.9. The third-order valence-corrected chi connectivity index (χ3v) is 9.23. The average molecular weight is 564 g/mol. The number of benzene rings is 2. The molecule has 2 aromatic carbocycles. The van der Waals surface area contributed by atoms with E-state index in [2.05, 4.69) is 121 Å². The predicted molar refractivity (Wildman–Crippen MR) is 160 cm³/mol. The van der Waals surface area contributed by atoms with E-state index in [1.165, 1.54) is 48.9 Å². The molecule has 0 aliphatic carbocycles. The molecule has 3 aromatic rings. The van der Waals surface area contributed by atoms with Gasteiger partial charge in [0.25, 0.3) is 9.04 Å². The summed E-state index contributed by atoms with van der Waals surface area (Å²) < 4.78 is 7.36. The fraction of sp³-hybridized carbons (Fsp3) is 0.406. The van der Waals surface area contributed by atoms with E-state index in [0.29, 0.717) is 5.92 Å². The van der Waals surface area contributed by atoms with Crippen LogP contribution >= 0.6 is 15.9 Å². The molecule has 0 saturated heterocycles. The Labute approximate surface area is 229 Å². The number of aromatic nitrogens is 1. The fourth-order valence-electron chi connectivity index (χ4n) is 4.41. The molecule has 0 amide bonds. The number of unbranched alkanes of at least 4 members (excludes halogenated alkanes) is 5. The van der Waals surface area contributed by atoms with E-state index in [4.69, 9.17) is 4.43 Å². The van der Waals surface area contributed by atoms with Gasteiger partial charge in [0.15, 0.2) is 0 Å². The van der Waals surface area contributed by atoms with E-state index in [-0.39, 0.29) is 5.41 Å². The minimum Gasteiger partial charge on any atom is -0.407 e. The second kappa shape index (κ2) is 15.3. The van der Waals surface area contributed by atoms with Crippen LogP contribution in [0.4, 0.5) is 0 Å². The molecular weight excluding hydrogens is 522 g/mol. The van der Waals surface area contributed by atoms with Gasteiger partial charge in [0.1, 0.15) is 4.60 Å². The number of rotatable bonds is 14. The summed E-state index contributed by atoms with van der Waals surface area (Å²) in [5, 5.41) is 2.65. The molecule has 1 atom stereocenters. The summed E-state index contributed by atoms with van der Waals surface area (Å²) in [5.41, 5.74) is 1.28. The van der Waals surface area contributed by atoms with Gasteiger partial charge in [-0.1, -0.05) is 126 Å². The molecule has 1 aromatic heterocycles. The van der Waals surface area contributed by atoms with Crippen LogP contribution in [0.25, 0.3) is 6.08 Å². The van der Waals surface area contributed by atoms with E-state index in [9.17, 15) is 0 Å². The van der Waals surface area contributed by atoms with Gasteiger partial charge in [0.05, 0.1) is 5.69 Å². The predicted octanol–water partition coefficient (Wildman–Crippen LogP) is 8.07. The molecule has 0 aliphatic rings. The van der Waals surface area contributed by atoms with Crippen molar-refractivity contribution < 1.29 is 4.43 Å². The Morgan fingerprint density at radius 2 is 1.36 bits per heavy atom. The van der Waals surface area contributed by atoms with Gasteiger partial charge in [-0.15, -0.1) is 0 Å². The summed E-state index contributed by atoms with van der Waals surface area (Å²) in [4.78, 5) is 4.54. The van der Waals surface area contributed by atoms with Crippen LogP contribution in [-0.2, 0) is 4.43 Å². The zero-order valence-corrected chi connectivity index (χ0v) is 24.7. The fourth-order valence-corrected chi connectivity index (χ4v) is 6.77. The Hall–Kier alpha value is -2.01. The highest BCUT2D eigenvalue weighted by molar-refractivity contribution is 9.10. The second-order valence-electron chi connectivity index (χ2n) is 10.5. The van der Waals surface area contributed by atoms with Gasteiger partial charge >= 0.3 is 0 Å². The summed E-state index contributed by atoms with van der Waals surface area (Å²) in [6, 6.07) is 27.5. The van der Waals surface area contributed by atoms with E-state index >= 15 is 0 Å². The zero-order valence-electron chi connectivity index (χ0n) is 22.1. The number of pyridine rings is 1. The molecule has 1 radical (unpaired) electrons. The van der Waals surface area contributed by atoms with Crippen molar-refractivity contribution in [2.24, 2.45) is 11.3 Å². The first-order valence-corrected chi connectivity index (χ1v) is 15.5. The van der Waals surface area contributed by atoms with Crippen molar-refractivity contribution in [1.29, 1.82) is 0 Å². The first-order valence-electron chi connectivity index (χ1n) is 13.3. The van der Waals surface area contributed by atoms with Crippen LogP contribution in [0.15, 0.2) is 89.5 Å². The van der Waals surface area contributed by atoms with E-state index in [1.807, 2.05) is 12.1 Å². The second-order valence-corrected chi connectivity index (χ2v) is 13.5. The Balaban J connectivity index is 1.35. The van der Waals surface area contributed by atoms with Crippen LogP contribution in [0.3, 0.4) is 0 Å². The maximum absolute atomic E-state index is 6.47. The molecule has 3 rings (SSSR count). The monoisotopic (exact) mass is 562 g/mol. The number of halogens is 1. The number of nitrogens with zero attached hydrogens (tertiary/aromatic N) is 1. The van der Waals surface area contributed by atoms with Gasteiger partial charge in [-0.3, -0.25) is 0 Å². The molecule has 2 nitrogen and oxygen atoms in total. The van der Waals surface area contributed by atoms with Crippen molar-refractivity contribution in [1.82, 2.24) is 4.98 Å². The first-order chi connectivity index (χ1) is 17.4. The van der Waals surface area contributed by atoms with Crippen LogP contribution in [0, 0.1) is 11.3 Å². The van der Waals surface area contributed by atoms with E-state index in [0.717, 1.165) is 23.3 Å². The zero-order chi connectivity index (χ0) is 25.6. The molecule has 1 unspecified atom stereocenters. The van der Waals surface area contributed by atoms with Crippen LogP contribution < -0.4 is 10.4 Å². The summed E-state index contributed by atoms with van der Waals surface area (Å²) in [6.45, 7) is 7.88. The SMILES string of the molecule is CC(C)(C)C(C=Cc1cccc(Br)n1)CCCCCCCCO[Si](c1ccccc1)c1ccccc1. The average Bonchev–Trinajstić information content (AvgIpc) is 2.87. The van der Waals surface area contributed by atoms with Crippen molar-refractivity contribution in [3.05, 3.63) is 95.2 Å². The Kier molecular flexibility index (Phi) is 12.1. The van der Waals surface area contributed by atoms with Crippen molar-refractivity contribution in [3.63, 3.8) is 0 Å². The third kappa shape index (κ3) is 10.2. The molecule has 0 bridgehead atoms. The van der Waals surface area contributed by atoms with Crippen molar-refractivity contribution in [3.8, 4) is 0 Å². The van der Waals surface area contributed by atoms with E-state index < -0.39 is 9.04 Å². The van der Waals surface area contributed by atoms with Gasteiger partial charge in [0, 0.05) is 6.61 Å². The molecule has 0 spiro atoms. The van der Waals surface area contributed by atoms with Crippen molar-refractivity contribution >= 4 is 41.4 Å². The van der Waals surface area contributed by atoms with Gasteiger partial charge in [-0.2, -0.15) is 0 Å². The Bertz CT molecular complexity index is 993. The first kappa shape index (κ1) is 28.6. The molecule has 191 valence electrons. The molecule has 1 heterocycles. The molecule has 0 aliphatic heterocycles. The van der Waals surface area contributed by atoms with Crippen LogP contribution in [0.2, 0.25) is 0 Å². The standard InChI is InChI=1S/C32H41BrNOSi/c1-32(2,3)27(24-25-28-18-16-23-31(33)34-28)17-10-6-4-5-7-15-26-35-36(29-19-11-8-12-20-29)30-21-13-9-14-22-30/h8-9,11-14,16,18-25,27H,4-7,10,15,17,26H2,1-3H3. The maximum atomic E-state index is 6.47. The molecule has 0 fully saturated rings.